The fourth-order valence-electron chi connectivity index (χ4n) is 2.21. The zero-order valence-electron chi connectivity index (χ0n) is 12.5. The van der Waals surface area contributed by atoms with E-state index in [1.54, 1.807) is 23.1 Å². The number of rotatable bonds is 7. The molecule has 0 radical (unpaired) electrons. The maximum atomic E-state index is 4.38. The Balaban J connectivity index is 1.76. The molecule has 0 aliphatic carbocycles. The number of nitrogens with zero attached hydrogens (tertiary/aromatic N) is 3. The van der Waals surface area contributed by atoms with Gasteiger partial charge in [0.1, 0.15) is 5.82 Å². The average molecular weight is 406 g/mol. The van der Waals surface area contributed by atoms with Gasteiger partial charge in [-0.25, -0.2) is 0 Å². The molecule has 0 amide bonds. The molecule has 0 aliphatic heterocycles. The summed E-state index contributed by atoms with van der Waals surface area (Å²) in [7, 11) is 0. The summed E-state index contributed by atoms with van der Waals surface area (Å²) in [5.74, 6) is 1.86. The lowest BCUT2D eigenvalue weighted by molar-refractivity contribution is 0.692. The Morgan fingerprint density at radius 2 is 2.17 bits per heavy atom. The second kappa shape index (κ2) is 7.95. The van der Waals surface area contributed by atoms with Crippen LogP contribution in [0.1, 0.15) is 16.3 Å². The van der Waals surface area contributed by atoms with E-state index in [1.807, 2.05) is 12.1 Å². The summed E-state index contributed by atoms with van der Waals surface area (Å²) in [4.78, 5) is 1.30. The zero-order chi connectivity index (χ0) is 16.1. The van der Waals surface area contributed by atoms with Crippen molar-refractivity contribution < 1.29 is 0 Å². The van der Waals surface area contributed by atoms with Crippen LogP contribution in [-0.2, 0) is 18.7 Å². The topological polar surface area (TPSA) is 30.7 Å². The summed E-state index contributed by atoms with van der Waals surface area (Å²) >= 11 is 6.96. The minimum Gasteiger partial charge on any atom is -0.302 e. The smallest absolute Gasteiger partial charge is 0.191 e. The molecule has 3 nitrogen and oxygen atoms in total. The molecule has 0 N–H and O–H groups in total. The fourth-order valence-corrected chi connectivity index (χ4v) is 4.27. The van der Waals surface area contributed by atoms with Gasteiger partial charge < -0.3 is 4.57 Å². The molecular weight excluding hydrogens is 390 g/mol. The highest BCUT2D eigenvalue weighted by atomic mass is 79.9. The second-order valence-electron chi connectivity index (χ2n) is 4.97. The molecule has 0 unspecified atom stereocenters. The summed E-state index contributed by atoms with van der Waals surface area (Å²) in [6.45, 7) is 4.59. The normalized spacial score (nSPS) is 10.8. The first-order valence-electron chi connectivity index (χ1n) is 7.19. The van der Waals surface area contributed by atoms with Gasteiger partial charge in [-0.15, -0.1) is 28.1 Å². The lowest BCUT2D eigenvalue weighted by Crippen LogP contribution is -2.04. The van der Waals surface area contributed by atoms with Crippen LogP contribution in [0.4, 0.5) is 0 Å². The molecule has 0 spiro atoms. The number of aromatic nitrogens is 3. The van der Waals surface area contributed by atoms with E-state index in [2.05, 4.69) is 73.0 Å². The van der Waals surface area contributed by atoms with E-state index in [9.17, 15) is 0 Å². The van der Waals surface area contributed by atoms with Crippen molar-refractivity contribution in [2.45, 2.75) is 23.9 Å². The Kier molecular flexibility index (Phi) is 5.70. The van der Waals surface area contributed by atoms with Gasteiger partial charge in [-0.05, 0) is 29.1 Å². The van der Waals surface area contributed by atoms with Gasteiger partial charge >= 0.3 is 0 Å². The standard InChI is InChI=1S/C17H16BrN3S2/c1-2-8-21-16(11-15-7-4-9-22-15)19-20-17(21)23-12-13-5-3-6-14(18)10-13/h2-7,9-10H,1,8,11-12H2. The SMILES string of the molecule is C=CCn1c(Cc2cccs2)nnc1SCc1cccc(Br)c1. The first kappa shape index (κ1) is 16.5. The van der Waals surface area contributed by atoms with E-state index in [0.29, 0.717) is 0 Å². The van der Waals surface area contributed by atoms with E-state index in [0.717, 1.165) is 34.2 Å². The lowest BCUT2D eigenvalue weighted by Gasteiger charge is -2.07. The highest BCUT2D eigenvalue weighted by Gasteiger charge is 2.12. The third kappa shape index (κ3) is 4.34. The van der Waals surface area contributed by atoms with Gasteiger partial charge in [-0.2, -0.15) is 0 Å². The molecule has 23 heavy (non-hydrogen) atoms. The zero-order valence-corrected chi connectivity index (χ0v) is 15.7. The molecule has 0 aliphatic rings. The molecule has 2 heterocycles. The van der Waals surface area contributed by atoms with E-state index in [4.69, 9.17) is 0 Å². The number of hydrogen-bond acceptors (Lipinski definition) is 4. The highest BCUT2D eigenvalue weighted by Crippen LogP contribution is 2.25. The van der Waals surface area contributed by atoms with Gasteiger partial charge in [-0.1, -0.05) is 52.0 Å². The van der Waals surface area contributed by atoms with Crippen molar-refractivity contribution in [2.75, 3.05) is 0 Å². The molecule has 3 rings (SSSR count). The summed E-state index contributed by atoms with van der Waals surface area (Å²) in [6, 6.07) is 12.5. The fraction of sp³-hybridized carbons (Fsp3) is 0.176. The largest absolute Gasteiger partial charge is 0.302 e. The van der Waals surface area contributed by atoms with Crippen molar-refractivity contribution in [3.05, 3.63) is 75.2 Å². The van der Waals surface area contributed by atoms with Crippen LogP contribution in [-0.4, -0.2) is 14.8 Å². The third-order valence-electron chi connectivity index (χ3n) is 3.27. The maximum absolute atomic E-state index is 4.38. The van der Waals surface area contributed by atoms with Crippen molar-refractivity contribution in [1.29, 1.82) is 0 Å². The monoisotopic (exact) mass is 405 g/mol. The molecule has 2 aromatic heterocycles. The summed E-state index contributed by atoms with van der Waals surface area (Å²) in [5, 5.41) is 11.8. The van der Waals surface area contributed by atoms with Gasteiger partial charge in [0, 0.05) is 28.1 Å². The molecule has 0 saturated carbocycles. The van der Waals surface area contributed by atoms with Crippen molar-refractivity contribution in [3.63, 3.8) is 0 Å². The van der Waals surface area contributed by atoms with E-state index >= 15 is 0 Å². The van der Waals surface area contributed by atoms with Crippen LogP contribution in [0.15, 0.2) is 64.1 Å². The molecule has 0 saturated heterocycles. The lowest BCUT2D eigenvalue weighted by atomic mass is 10.2. The van der Waals surface area contributed by atoms with Crippen LogP contribution in [0.25, 0.3) is 0 Å². The van der Waals surface area contributed by atoms with Crippen LogP contribution >= 0.6 is 39.0 Å². The first-order valence-corrected chi connectivity index (χ1v) is 9.84. The molecule has 118 valence electrons. The summed E-state index contributed by atoms with van der Waals surface area (Å²) in [6.07, 6.45) is 2.71. The van der Waals surface area contributed by atoms with Crippen molar-refractivity contribution >= 4 is 39.0 Å². The number of halogens is 1. The van der Waals surface area contributed by atoms with Gasteiger partial charge in [0.05, 0.1) is 0 Å². The number of thioether (sulfide) groups is 1. The molecule has 0 fully saturated rings. The second-order valence-corrected chi connectivity index (χ2v) is 7.86. The average Bonchev–Trinajstić information content (AvgIpc) is 3.18. The number of thiophene rings is 1. The quantitative estimate of drug-likeness (QED) is 0.401. The van der Waals surface area contributed by atoms with Crippen molar-refractivity contribution in [2.24, 2.45) is 0 Å². The predicted octanol–water partition coefficient (Wildman–Crippen LogP) is 5.17. The molecule has 3 aromatic rings. The van der Waals surface area contributed by atoms with Crippen LogP contribution < -0.4 is 0 Å². The van der Waals surface area contributed by atoms with E-state index in [-0.39, 0.29) is 0 Å². The maximum Gasteiger partial charge on any atom is 0.191 e. The van der Waals surface area contributed by atoms with Crippen LogP contribution in [0.2, 0.25) is 0 Å². The molecular formula is C17H16BrN3S2. The van der Waals surface area contributed by atoms with Gasteiger partial charge in [-0.3, -0.25) is 0 Å². The van der Waals surface area contributed by atoms with Crippen LogP contribution in [0.3, 0.4) is 0 Å². The van der Waals surface area contributed by atoms with E-state index in [1.165, 1.54) is 10.4 Å². The van der Waals surface area contributed by atoms with Crippen molar-refractivity contribution in [1.82, 2.24) is 14.8 Å². The molecule has 1 aromatic carbocycles. The Morgan fingerprint density at radius 3 is 2.91 bits per heavy atom. The Hall–Kier alpha value is -1.37. The van der Waals surface area contributed by atoms with Gasteiger partial charge in [0.25, 0.3) is 0 Å². The number of hydrogen-bond donors (Lipinski definition) is 0. The Labute approximate surface area is 152 Å². The van der Waals surface area contributed by atoms with Crippen LogP contribution in [0, 0.1) is 0 Å². The molecule has 0 atom stereocenters. The Bertz CT molecular complexity index is 781. The van der Waals surface area contributed by atoms with Gasteiger partial charge in [0.2, 0.25) is 0 Å². The van der Waals surface area contributed by atoms with Crippen molar-refractivity contribution in [3.8, 4) is 0 Å². The first-order chi connectivity index (χ1) is 11.3. The minimum absolute atomic E-state index is 0.731. The molecule has 0 bridgehead atoms. The predicted molar refractivity (Wildman–Crippen MR) is 101 cm³/mol. The summed E-state index contributed by atoms with van der Waals surface area (Å²) in [5.41, 5.74) is 1.26. The number of allylic oxidation sites excluding steroid dienone is 1. The van der Waals surface area contributed by atoms with Gasteiger partial charge in [0.15, 0.2) is 5.16 Å². The van der Waals surface area contributed by atoms with Crippen LogP contribution in [0.5, 0.6) is 0 Å². The molecule has 6 heteroatoms. The minimum atomic E-state index is 0.731. The highest BCUT2D eigenvalue weighted by molar-refractivity contribution is 9.10. The third-order valence-corrected chi connectivity index (χ3v) is 5.68. The Morgan fingerprint density at radius 1 is 1.26 bits per heavy atom. The number of benzene rings is 1. The summed E-state index contributed by atoms with van der Waals surface area (Å²) < 4.78 is 3.25. The van der Waals surface area contributed by atoms with E-state index < -0.39 is 0 Å².